The zero-order chi connectivity index (χ0) is 20.1. The lowest BCUT2D eigenvalue weighted by molar-refractivity contribution is 0.415. The van der Waals surface area contributed by atoms with Gasteiger partial charge in [-0.25, -0.2) is 12.7 Å². The SMILES string of the molecule is CCc1ccc(S(=O)(=O)N(c2ccc(OC)cc2)c2ccc(OC)cc2)cc1. The third kappa shape index (κ3) is 3.97. The summed E-state index contributed by atoms with van der Waals surface area (Å²) in [5, 5.41) is 0. The predicted octanol–water partition coefficient (Wildman–Crippen LogP) is 4.79. The Kier molecular flexibility index (Phi) is 5.90. The van der Waals surface area contributed by atoms with Gasteiger partial charge in [-0.1, -0.05) is 19.1 Å². The fraction of sp³-hybridized carbons (Fsp3) is 0.182. The minimum absolute atomic E-state index is 0.233. The third-order valence-electron chi connectivity index (χ3n) is 4.48. The molecule has 0 bridgehead atoms. The first kappa shape index (κ1) is 19.8. The summed E-state index contributed by atoms with van der Waals surface area (Å²) in [5.41, 5.74) is 2.12. The second kappa shape index (κ2) is 8.35. The molecule has 0 N–H and O–H groups in total. The number of benzene rings is 3. The van der Waals surface area contributed by atoms with E-state index in [9.17, 15) is 8.42 Å². The van der Waals surface area contributed by atoms with Crippen molar-refractivity contribution in [3.63, 3.8) is 0 Å². The maximum atomic E-state index is 13.5. The molecule has 0 aliphatic heterocycles. The summed E-state index contributed by atoms with van der Waals surface area (Å²) in [4.78, 5) is 0.233. The number of anilines is 2. The van der Waals surface area contributed by atoms with Crippen LogP contribution in [0.15, 0.2) is 77.7 Å². The van der Waals surface area contributed by atoms with Gasteiger partial charge in [0.2, 0.25) is 0 Å². The van der Waals surface area contributed by atoms with Gasteiger partial charge in [-0.15, -0.1) is 0 Å². The first-order valence-corrected chi connectivity index (χ1v) is 10.4. The minimum atomic E-state index is -3.82. The molecule has 0 aromatic heterocycles. The summed E-state index contributed by atoms with van der Waals surface area (Å²) in [7, 11) is -0.676. The van der Waals surface area contributed by atoms with Crippen LogP contribution in [0.5, 0.6) is 11.5 Å². The minimum Gasteiger partial charge on any atom is -0.497 e. The summed E-state index contributed by atoms with van der Waals surface area (Å²) in [6.07, 6.45) is 0.848. The van der Waals surface area contributed by atoms with E-state index in [-0.39, 0.29) is 4.90 Å². The van der Waals surface area contributed by atoms with Crippen LogP contribution in [0.3, 0.4) is 0 Å². The fourth-order valence-corrected chi connectivity index (χ4v) is 4.35. The molecule has 0 saturated heterocycles. The number of nitrogens with zero attached hydrogens (tertiary/aromatic N) is 1. The first-order chi connectivity index (χ1) is 13.5. The molecule has 3 aromatic carbocycles. The number of rotatable bonds is 7. The average molecular weight is 397 g/mol. The molecule has 3 rings (SSSR count). The van der Waals surface area contributed by atoms with Gasteiger partial charge in [0, 0.05) is 0 Å². The Morgan fingerprint density at radius 3 is 1.50 bits per heavy atom. The maximum Gasteiger partial charge on any atom is 0.268 e. The van der Waals surface area contributed by atoms with E-state index in [2.05, 4.69) is 0 Å². The Bertz CT molecular complexity index is 964. The molecule has 3 aromatic rings. The van der Waals surface area contributed by atoms with Crippen LogP contribution in [0, 0.1) is 0 Å². The van der Waals surface area contributed by atoms with Crippen molar-refractivity contribution in [3.8, 4) is 11.5 Å². The van der Waals surface area contributed by atoms with Gasteiger partial charge in [0.15, 0.2) is 0 Å². The van der Waals surface area contributed by atoms with E-state index in [1.54, 1.807) is 74.9 Å². The summed E-state index contributed by atoms with van der Waals surface area (Å²) in [6.45, 7) is 2.03. The quantitative estimate of drug-likeness (QED) is 0.575. The van der Waals surface area contributed by atoms with Crippen LogP contribution in [-0.2, 0) is 16.4 Å². The Hall–Kier alpha value is -2.99. The Labute approximate surface area is 166 Å². The Morgan fingerprint density at radius 2 is 1.14 bits per heavy atom. The summed E-state index contributed by atoms with van der Waals surface area (Å²) in [6, 6.07) is 20.8. The predicted molar refractivity (Wildman–Crippen MR) is 111 cm³/mol. The second-order valence-corrected chi connectivity index (χ2v) is 7.95. The van der Waals surface area contributed by atoms with E-state index in [1.165, 1.54) is 4.31 Å². The van der Waals surface area contributed by atoms with E-state index < -0.39 is 10.0 Å². The number of ether oxygens (including phenoxy) is 2. The van der Waals surface area contributed by atoms with Crippen LogP contribution < -0.4 is 13.8 Å². The van der Waals surface area contributed by atoms with Crippen molar-refractivity contribution in [2.45, 2.75) is 18.2 Å². The molecule has 146 valence electrons. The largest absolute Gasteiger partial charge is 0.497 e. The van der Waals surface area contributed by atoms with E-state index >= 15 is 0 Å². The van der Waals surface area contributed by atoms with Gasteiger partial charge in [0.05, 0.1) is 30.5 Å². The number of hydrogen-bond acceptors (Lipinski definition) is 4. The van der Waals surface area contributed by atoms with Crippen LogP contribution in [0.2, 0.25) is 0 Å². The molecule has 0 aliphatic rings. The highest BCUT2D eigenvalue weighted by atomic mass is 32.2. The second-order valence-electron chi connectivity index (χ2n) is 6.16. The molecule has 0 unspecified atom stereocenters. The highest BCUT2D eigenvalue weighted by molar-refractivity contribution is 7.93. The van der Waals surface area contributed by atoms with Crippen molar-refractivity contribution in [1.82, 2.24) is 0 Å². The van der Waals surface area contributed by atoms with E-state index in [0.717, 1.165) is 12.0 Å². The van der Waals surface area contributed by atoms with Gasteiger partial charge in [-0.3, -0.25) is 0 Å². The highest BCUT2D eigenvalue weighted by Crippen LogP contribution is 2.34. The van der Waals surface area contributed by atoms with Crippen molar-refractivity contribution in [1.29, 1.82) is 0 Å². The summed E-state index contributed by atoms with van der Waals surface area (Å²) in [5.74, 6) is 1.31. The van der Waals surface area contributed by atoms with Gasteiger partial charge >= 0.3 is 0 Å². The fourth-order valence-electron chi connectivity index (χ4n) is 2.86. The monoisotopic (exact) mass is 397 g/mol. The van der Waals surface area contributed by atoms with Crippen LogP contribution in [-0.4, -0.2) is 22.6 Å². The van der Waals surface area contributed by atoms with Gasteiger partial charge in [0.1, 0.15) is 11.5 Å². The van der Waals surface area contributed by atoms with Gasteiger partial charge in [0.25, 0.3) is 10.0 Å². The summed E-state index contributed by atoms with van der Waals surface area (Å²) >= 11 is 0. The molecule has 5 nitrogen and oxygen atoms in total. The molecule has 0 spiro atoms. The first-order valence-electron chi connectivity index (χ1n) is 8.92. The normalized spacial score (nSPS) is 11.1. The Morgan fingerprint density at radius 1 is 0.714 bits per heavy atom. The van der Waals surface area contributed by atoms with Crippen LogP contribution in [0.4, 0.5) is 11.4 Å². The molecule has 6 heteroatoms. The number of hydrogen-bond donors (Lipinski definition) is 0. The molecule has 0 radical (unpaired) electrons. The van der Waals surface area contributed by atoms with E-state index in [1.807, 2.05) is 19.1 Å². The van der Waals surface area contributed by atoms with Gasteiger partial charge in [-0.05, 0) is 72.6 Å². The molecular weight excluding hydrogens is 374 g/mol. The molecule has 0 amide bonds. The highest BCUT2D eigenvalue weighted by Gasteiger charge is 2.27. The van der Waals surface area contributed by atoms with Crippen LogP contribution >= 0.6 is 0 Å². The molecule has 0 atom stereocenters. The Balaban J connectivity index is 2.12. The molecule has 0 saturated carbocycles. The lowest BCUT2D eigenvalue weighted by atomic mass is 10.2. The van der Waals surface area contributed by atoms with Crippen molar-refractivity contribution in [3.05, 3.63) is 78.4 Å². The number of aryl methyl sites for hydroxylation is 1. The van der Waals surface area contributed by atoms with Crippen molar-refractivity contribution in [2.75, 3.05) is 18.5 Å². The number of methoxy groups -OCH3 is 2. The molecular formula is C22H23NO4S. The topological polar surface area (TPSA) is 55.8 Å². The summed E-state index contributed by atoms with van der Waals surface area (Å²) < 4.78 is 38.7. The molecule has 0 fully saturated rings. The van der Waals surface area contributed by atoms with Crippen molar-refractivity contribution in [2.24, 2.45) is 0 Å². The van der Waals surface area contributed by atoms with Crippen molar-refractivity contribution >= 4 is 21.4 Å². The number of sulfonamides is 1. The zero-order valence-electron chi connectivity index (χ0n) is 16.1. The van der Waals surface area contributed by atoms with E-state index in [0.29, 0.717) is 22.9 Å². The van der Waals surface area contributed by atoms with Crippen molar-refractivity contribution < 1.29 is 17.9 Å². The van der Waals surface area contributed by atoms with Crippen LogP contribution in [0.25, 0.3) is 0 Å². The molecule has 0 heterocycles. The third-order valence-corrected chi connectivity index (χ3v) is 6.25. The zero-order valence-corrected chi connectivity index (χ0v) is 16.9. The van der Waals surface area contributed by atoms with Gasteiger partial charge in [-0.2, -0.15) is 0 Å². The molecule has 28 heavy (non-hydrogen) atoms. The smallest absolute Gasteiger partial charge is 0.268 e. The lowest BCUT2D eigenvalue weighted by Gasteiger charge is -2.25. The maximum absolute atomic E-state index is 13.5. The lowest BCUT2D eigenvalue weighted by Crippen LogP contribution is -2.26. The molecule has 0 aliphatic carbocycles. The van der Waals surface area contributed by atoms with Crippen LogP contribution in [0.1, 0.15) is 12.5 Å². The standard InChI is InChI=1S/C22H23NO4S/c1-4-17-5-15-22(16-6-17)28(24,25)23(18-7-11-20(26-2)12-8-18)19-9-13-21(27-3)14-10-19/h5-16H,4H2,1-3H3. The average Bonchev–Trinajstić information content (AvgIpc) is 2.75. The van der Waals surface area contributed by atoms with E-state index in [4.69, 9.17) is 9.47 Å². The van der Waals surface area contributed by atoms with Gasteiger partial charge < -0.3 is 9.47 Å².